The predicted molar refractivity (Wildman–Crippen MR) is 72.7 cm³/mol. The van der Waals surface area contributed by atoms with Gasteiger partial charge in [0, 0.05) is 31.3 Å². The highest BCUT2D eigenvalue weighted by molar-refractivity contribution is 5.34. The minimum absolute atomic E-state index is 0.192. The fourth-order valence-electron chi connectivity index (χ4n) is 2.46. The molecule has 1 aliphatic heterocycles. The maximum Gasteiger partial charge on any atom is 0.225 e. The van der Waals surface area contributed by atoms with E-state index in [1.807, 2.05) is 25.4 Å². The van der Waals surface area contributed by atoms with E-state index in [1.54, 1.807) is 12.4 Å². The van der Waals surface area contributed by atoms with Gasteiger partial charge in [-0.2, -0.15) is 0 Å². The van der Waals surface area contributed by atoms with Gasteiger partial charge in [-0.1, -0.05) is 0 Å². The van der Waals surface area contributed by atoms with Crippen LogP contribution in [0.1, 0.15) is 36.7 Å². The molecule has 0 aliphatic carbocycles. The van der Waals surface area contributed by atoms with E-state index in [-0.39, 0.29) is 6.04 Å². The van der Waals surface area contributed by atoms with Crippen LogP contribution in [0, 0.1) is 6.92 Å². The van der Waals surface area contributed by atoms with Gasteiger partial charge in [0.1, 0.15) is 0 Å². The van der Waals surface area contributed by atoms with Crippen molar-refractivity contribution in [2.45, 2.75) is 32.2 Å². The molecule has 0 N–H and O–H groups in total. The smallest absolute Gasteiger partial charge is 0.225 e. The fourth-order valence-corrected chi connectivity index (χ4v) is 2.46. The molecular weight excluding hydrogens is 238 g/mol. The van der Waals surface area contributed by atoms with Crippen LogP contribution in [0.4, 0.5) is 5.95 Å². The first kappa shape index (κ1) is 12.0. The number of rotatable bonds is 2. The van der Waals surface area contributed by atoms with E-state index in [0.29, 0.717) is 0 Å². The Morgan fingerprint density at radius 2 is 1.79 bits per heavy atom. The number of nitrogens with zero attached hydrogens (tertiary/aromatic N) is 5. The van der Waals surface area contributed by atoms with Gasteiger partial charge >= 0.3 is 0 Å². The van der Waals surface area contributed by atoms with Crippen LogP contribution in [0.5, 0.6) is 0 Å². The Morgan fingerprint density at radius 1 is 1.05 bits per heavy atom. The zero-order valence-electron chi connectivity index (χ0n) is 11.0. The summed E-state index contributed by atoms with van der Waals surface area (Å²) in [5.74, 6) is 1.65. The summed E-state index contributed by atoms with van der Waals surface area (Å²) in [6.45, 7) is 2.96. The second-order valence-corrected chi connectivity index (χ2v) is 4.87. The van der Waals surface area contributed by atoms with Gasteiger partial charge in [-0.15, -0.1) is 0 Å². The molecule has 1 fully saturated rings. The van der Waals surface area contributed by atoms with Gasteiger partial charge in [-0.25, -0.2) is 19.9 Å². The Bertz CT molecular complexity index is 525. The summed E-state index contributed by atoms with van der Waals surface area (Å²) in [6, 6.07) is 2.04. The van der Waals surface area contributed by atoms with Crippen molar-refractivity contribution in [3.63, 3.8) is 0 Å². The SMILES string of the molecule is Cc1cnc(N2CCCC[C@H]2c2ncccn2)nc1. The van der Waals surface area contributed by atoms with Crippen LogP contribution in [-0.2, 0) is 0 Å². The molecule has 98 valence electrons. The van der Waals surface area contributed by atoms with Crippen LogP contribution in [0.25, 0.3) is 0 Å². The summed E-state index contributed by atoms with van der Waals surface area (Å²) in [5, 5.41) is 0. The summed E-state index contributed by atoms with van der Waals surface area (Å²) in [7, 11) is 0. The number of hydrogen-bond acceptors (Lipinski definition) is 5. The Morgan fingerprint density at radius 3 is 2.53 bits per heavy atom. The van der Waals surface area contributed by atoms with Gasteiger partial charge in [0.15, 0.2) is 5.82 Å². The monoisotopic (exact) mass is 255 g/mol. The van der Waals surface area contributed by atoms with E-state index >= 15 is 0 Å². The van der Waals surface area contributed by atoms with Gasteiger partial charge in [0.2, 0.25) is 5.95 Å². The molecule has 0 amide bonds. The topological polar surface area (TPSA) is 54.8 Å². The van der Waals surface area contributed by atoms with Crippen LogP contribution in [0.2, 0.25) is 0 Å². The first-order valence-electron chi connectivity index (χ1n) is 6.67. The maximum atomic E-state index is 4.44. The summed E-state index contributed by atoms with van der Waals surface area (Å²) in [5.41, 5.74) is 1.08. The molecule has 0 radical (unpaired) electrons. The summed E-state index contributed by atoms with van der Waals surface area (Å²) in [4.78, 5) is 19.9. The van der Waals surface area contributed by atoms with Crippen LogP contribution >= 0.6 is 0 Å². The van der Waals surface area contributed by atoms with Gasteiger partial charge in [-0.05, 0) is 37.8 Å². The molecule has 3 heterocycles. The molecule has 0 unspecified atom stereocenters. The van der Waals surface area contributed by atoms with Crippen LogP contribution in [-0.4, -0.2) is 26.5 Å². The van der Waals surface area contributed by atoms with E-state index in [2.05, 4.69) is 24.8 Å². The van der Waals surface area contributed by atoms with Crippen molar-refractivity contribution in [2.75, 3.05) is 11.4 Å². The third-order valence-corrected chi connectivity index (χ3v) is 3.41. The molecule has 3 rings (SSSR count). The van der Waals surface area contributed by atoms with E-state index in [0.717, 1.165) is 30.3 Å². The zero-order valence-corrected chi connectivity index (χ0v) is 11.0. The van der Waals surface area contributed by atoms with E-state index < -0.39 is 0 Å². The summed E-state index contributed by atoms with van der Waals surface area (Å²) < 4.78 is 0. The lowest BCUT2D eigenvalue weighted by atomic mass is 10.0. The first-order chi connectivity index (χ1) is 9.34. The summed E-state index contributed by atoms with van der Waals surface area (Å²) >= 11 is 0. The largest absolute Gasteiger partial charge is 0.331 e. The Kier molecular flexibility index (Phi) is 3.35. The Hall–Kier alpha value is -2.04. The fraction of sp³-hybridized carbons (Fsp3) is 0.429. The molecule has 1 saturated heterocycles. The number of anilines is 1. The lowest BCUT2D eigenvalue weighted by Gasteiger charge is -2.34. The van der Waals surface area contributed by atoms with Crippen molar-refractivity contribution < 1.29 is 0 Å². The van der Waals surface area contributed by atoms with Gasteiger partial charge in [0.25, 0.3) is 0 Å². The molecule has 5 nitrogen and oxygen atoms in total. The summed E-state index contributed by atoms with van der Waals surface area (Å²) in [6.07, 6.45) is 10.7. The van der Waals surface area contributed by atoms with Crippen LogP contribution in [0.15, 0.2) is 30.9 Å². The standard InChI is InChI=1S/C14H17N5/c1-11-9-17-14(18-10-11)19-8-3-2-5-12(19)13-15-6-4-7-16-13/h4,6-7,9-10,12H,2-3,5,8H2,1H3/t12-/m0/s1. The van der Waals surface area contributed by atoms with Crippen molar-refractivity contribution >= 4 is 5.95 Å². The molecule has 19 heavy (non-hydrogen) atoms. The molecule has 0 spiro atoms. The third kappa shape index (κ3) is 2.54. The van der Waals surface area contributed by atoms with Gasteiger partial charge in [0.05, 0.1) is 6.04 Å². The Labute approximate surface area is 112 Å². The average molecular weight is 255 g/mol. The molecular formula is C14H17N5. The predicted octanol–water partition coefficient (Wildman–Crippen LogP) is 2.31. The number of piperidine rings is 1. The van der Waals surface area contributed by atoms with Gasteiger partial charge < -0.3 is 4.90 Å². The number of hydrogen-bond donors (Lipinski definition) is 0. The second-order valence-electron chi connectivity index (χ2n) is 4.87. The van der Waals surface area contributed by atoms with E-state index in [4.69, 9.17) is 0 Å². The third-order valence-electron chi connectivity index (χ3n) is 3.41. The number of aryl methyl sites for hydroxylation is 1. The van der Waals surface area contributed by atoms with Gasteiger partial charge in [-0.3, -0.25) is 0 Å². The van der Waals surface area contributed by atoms with Crippen molar-refractivity contribution in [2.24, 2.45) is 0 Å². The van der Waals surface area contributed by atoms with Crippen molar-refractivity contribution in [1.82, 2.24) is 19.9 Å². The van der Waals surface area contributed by atoms with Crippen LogP contribution in [0.3, 0.4) is 0 Å². The van der Waals surface area contributed by atoms with Crippen molar-refractivity contribution in [3.05, 3.63) is 42.2 Å². The molecule has 0 aromatic carbocycles. The van der Waals surface area contributed by atoms with Crippen LogP contribution < -0.4 is 4.90 Å². The zero-order chi connectivity index (χ0) is 13.1. The Balaban J connectivity index is 1.91. The highest BCUT2D eigenvalue weighted by Gasteiger charge is 2.27. The quantitative estimate of drug-likeness (QED) is 0.824. The lowest BCUT2D eigenvalue weighted by Crippen LogP contribution is -2.35. The maximum absolute atomic E-state index is 4.44. The molecule has 1 atom stereocenters. The highest BCUT2D eigenvalue weighted by Crippen LogP contribution is 2.31. The molecule has 2 aromatic heterocycles. The molecule has 5 heteroatoms. The highest BCUT2D eigenvalue weighted by atomic mass is 15.3. The average Bonchev–Trinajstić information content (AvgIpc) is 2.49. The molecule has 2 aromatic rings. The molecule has 0 bridgehead atoms. The van der Waals surface area contributed by atoms with Crippen molar-refractivity contribution in [3.8, 4) is 0 Å². The number of aromatic nitrogens is 4. The normalized spacial score (nSPS) is 19.4. The second kappa shape index (κ2) is 5.30. The minimum Gasteiger partial charge on any atom is -0.331 e. The lowest BCUT2D eigenvalue weighted by molar-refractivity contribution is 0.449. The molecule has 0 saturated carbocycles. The van der Waals surface area contributed by atoms with E-state index in [1.165, 1.54) is 12.8 Å². The minimum atomic E-state index is 0.192. The van der Waals surface area contributed by atoms with E-state index in [9.17, 15) is 0 Å². The van der Waals surface area contributed by atoms with Crippen molar-refractivity contribution in [1.29, 1.82) is 0 Å². The first-order valence-corrected chi connectivity index (χ1v) is 6.67. The molecule has 1 aliphatic rings.